The molecular formula is C21H15F8N9O2. The minimum atomic E-state index is -5.76. The zero-order valence-corrected chi connectivity index (χ0v) is 19.9. The van der Waals surface area contributed by atoms with Crippen LogP contribution in [0.1, 0.15) is 30.7 Å². The Morgan fingerprint density at radius 3 is 2.50 bits per heavy atom. The first-order valence-corrected chi connectivity index (χ1v) is 11.2. The minimum absolute atomic E-state index is 0.0462. The highest BCUT2D eigenvalue weighted by Crippen LogP contribution is 2.45. The molecule has 1 amide bonds. The van der Waals surface area contributed by atoms with Crippen molar-refractivity contribution in [1.82, 2.24) is 34.9 Å². The van der Waals surface area contributed by atoms with Crippen LogP contribution in [0.25, 0.3) is 22.6 Å². The number of amides is 1. The minimum Gasteiger partial charge on any atom is -0.423 e. The number of aryl methyl sites for hydroxylation is 1. The number of fused-ring (bicyclic) bond motifs is 2. The van der Waals surface area contributed by atoms with Crippen LogP contribution in [0.5, 0.6) is 0 Å². The molecule has 0 aromatic carbocycles. The number of alkyl halides is 8. The van der Waals surface area contributed by atoms with Crippen molar-refractivity contribution in [3.05, 3.63) is 35.7 Å². The number of anilines is 2. The van der Waals surface area contributed by atoms with Gasteiger partial charge in [0.1, 0.15) is 23.8 Å². The number of carbonyl (C=O) groups is 1. The summed E-state index contributed by atoms with van der Waals surface area (Å²) >= 11 is 0. The van der Waals surface area contributed by atoms with Gasteiger partial charge >= 0.3 is 18.3 Å². The number of carbonyl (C=O) groups excluding carboxylic acids is 1. The van der Waals surface area contributed by atoms with Crippen molar-refractivity contribution in [2.24, 2.45) is 0 Å². The van der Waals surface area contributed by atoms with Crippen LogP contribution in [0.3, 0.4) is 0 Å². The van der Waals surface area contributed by atoms with Crippen LogP contribution in [-0.4, -0.2) is 59.1 Å². The lowest BCUT2D eigenvalue weighted by atomic mass is 9.84. The van der Waals surface area contributed by atoms with Gasteiger partial charge in [0.2, 0.25) is 17.7 Å². The van der Waals surface area contributed by atoms with Gasteiger partial charge in [-0.3, -0.25) is 4.79 Å². The molecule has 1 unspecified atom stereocenters. The molecular weight excluding hydrogens is 562 g/mol. The molecule has 4 aromatic rings. The van der Waals surface area contributed by atoms with E-state index in [1.54, 1.807) is 0 Å². The summed E-state index contributed by atoms with van der Waals surface area (Å²) in [5, 5.41) is 13.6. The Labute approximate surface area is 216 Å². The van der Waals surface area contributed by atoms with E-state index in [9.17, 15) is 39.9 Å². The van der Waals surface area contributed by atoms with E-state index in [1.165, 1.54) is 25.3 Å². The van der Waals surface area contributed by atoms with Crippen LogP contribution < -0.4 is 11.1 Å². The second-order valence-electron chi connectivity index (χ2n) is 8.93. The highest BCUT2D eigenvalue weighted by atomic mass is 19.4. The van der Waals surface area contributed by atoms with Crippen molar-refractivity contribution in [2.45, 2.75) is 50.0 Å². The van der Waals surface area contributed by atoms with Gasteiger partial charge in [0.25, 0.3) is 0 Å². The van der Waals surface area contributed by atoms with E-state index in [4.69, 9.17) is 10.2 Å². The molecule has 40 heavy (non-hydrogen) atoms. The molecule has 11 nitrogen and oxygen atoms in total. The third-order valence-corrected chi connectivity index (χ3v) is 6.14. The number of hydrogen-bond donors (Lipinski definition) is 2. The molecule has 0 saturated carbocycles. The Bertz CT molecular complexity index is 1630. The van der Waals surface area contributed by atoms with E-state index in [1.807, 2.05) is 0 Å². The van der Waals surface area contributed by atoms with Gasteiger partial charge in [-0.1, -0.05) is 0 Å². The molecule has 0 fully saturated rings. The number of nitrogens with zero attached hydrogens (tertiary/aromatic N) is 7. The Morgan fingerprint density at radius 1 is 1.10 bits per heavy atom. The number of nitrogen functional groups attached to an aromatic ring is 1. The number of aromatic nitrogens is 7. The summed E-state index contributed by atoms with van der Waals surface area (Å²) in [5.74, 6) is -7.87. The monoisotopic (exact) mass is 577 g/mol. The van der Waals surface area contributed by atoms with E-state index in [-0.39, 0.29) is 39.8 Å². The van der Waals surface area contributed by atoms with Crippen LogP contribution in [0.2, 0.25) is 0 Å². The first kappa shape index (κ1) is 27.1. The van der Waals surface area contributed by atoms with E-state index in [2.05, 4.69) is 35.6 Å². The van der Waals surface area contributed by atoms with Crippen LogP contribution in [-0.2, 0) is 23.2 Å². The number of rotatable bonds is 6. The average molecular weight is 577 g/mol. The number of hydrogen-bond acceptors (Lipinski definition) is 9. The van der Waals surface area contributed by atoms with Gasteiger partial charge in [0.05, 0.1) is 10.9 Å². The molecule has 19 heteroatoms. The smallest absolute Gasteiger partial charge is 0.423 e. The molecule has 5 heterocycles. The van der Waals surface area contributed by atoms with Crippen molar-refractivity contribution in [3.8, 4) is 11.5 Å². The molecule has 0 bridgehead atoms. The van der Waals surface area contributed by atoms with Crippen molar-refractivity contribution < 1.29 is 44.3 Å². The Hall–Kier alpha value is -4.45. The van der Waals surface area contributed by atoms with E-state index in [0.717, 1.165) is 4.68 Å². The number of nitrogens with one attached hydrogen (secondary N) is 1. The number of nitrogens with two attached hydrogens (primary N) is 1. The summed E-state index contributed by atoms with van der Waals surface area (Å²) in [4.78, 5) is 25.3. The quantitative estimate of drug-likeness (QED) is 0.326. The molecule has 0 aliphatic carbocycles. The maximum atomic E-state index is 13.5. The predicted octanol–water partition coefficient (Wildman–Crippen LogP) is 3.80. The normalized spacial score (nSPS) is 17.9. The van der Waals surface area contributed by atoms with Gasteiger partial charge in [-0.25, -0.2) is 19.6 Å². The summed E-state index contributed by atoms with van der Waals surface area (Å²) in [7, 11) is 0. The molecule has 0 radical (unpaired) electrons. The predicted molar refractivity (Wildman–Crippen MR) is 118 cm³/mol. The lowest BCUT2D eigenvalue weighted by Gasteiger charge is -2.19. The SMILES string of the molecule is CC1(c2nnc(CC(F)(F)F)o2)C(=O)Nc2nc(-c3nn(CCC(F)(F)C(F)(F)F)c4ncccc34)nc(N)c21. The summed E-state index contributed by atoms with van der Waals surface area (Å²) in [6.45, 7) is 0.389. The Kier molecular flexibility index (Phi) is 5.96. The summed E-state index contributed by atoms with van der Waals surface area (Å²) in [6.07, 6.45) is -12.3. The van der Waals surface area contributed by atoms with Crippen molar-refractivity contribution >= 4 is 28.6 Å². The fourth-order valence-corrected chi connectivity index (χ4v) is 4.13. The molecule has 0 saturated heterocycles. The molecule has 1 aliphatic heterocycles. The maximum absolute atomic E-state index is 13.5. The lowest BCUT2D eigenvalue weighted by Crippen LogP contribution is -2.37. The zero-order valence-electron chi connectivity index (χ0n) is 19.9. The topological polar surface area (TPSA) is 151 Å². The molecule has 1 atom stereocenters. The van der Waals surface area contributed by atoms with E-state index < -0.39 is 60.8 Å². The van der Waals surface area contributed by atoms with E-state index in [0.29, 0.717) is 0 Å². The summed E-state index contributed by atoms with van der Waals surface area (Å²) in [5.41, 5.74) is 4.02. The Morgan fingerprint density at radius 2 is 1.82 bits per heavy atom. The average Bonchev–Trinajstić information content (AvgIpc) is 3.51. The molecule has 3 N–H and O–H groups in total. The van der Waals surface area contributed by atoms with Crippen molar-refractivity contribution in [2.75, 3.05) is 11.1 Å². The third kappa shape index (κ3) is 4.43. The first-order valence-electron chi connectivity index (χ1n) is 11.2. The molecule has 0 spiro atoms. The molecule has 5 rings (SSSR count). The highest BCUT2D eigenvalue weighted by Gasteiger charge is 2.57. The van der Waals surface area contributed by atoms with Crippen LogP contribution in [0.15, 0.2) is 22.7 Å². The van der Waals surface area contributed by atoms with Gasteiger partial charge in [-0.2, -0.15) is 40.2 Å². The summed E-state index contributed by atoms with van der Waals surface area (Å²) in [6, 6.07) is 2.89. The fourth-order valence-electron chi connectivity index (χ4n) is 4.13. The number of halogens is 8. The van der Waals surface area contributed by atoms with Gasteiger partial charge in [-0.15, -0.1) is 10.2 Å². The van der Waals surface area contributed by atoms with Gasteiger partial charge in [0, 0.05) is 19.2 Å². The molecule has 1 aliphatic rings. The number of pyridine rings is 1. The van der Waals surface area contributed by atoms with Crippen LogP contribution in [0, 0.1) is 0 Å². The van der Waals surface area contributed by atoms with Crippen LogP contribution >= 0.6 is 0 Å². The second kappa shape index (κ2) is 8.78. The second-order valence-corrected chi connectivity index (χ2v) is 8.93. The molecule has 4 aromatic heterocycles. The zero-order chi connectivity index (χ0) is 29.3. The third-order valence-electron chi connectivity index (χ3n) is 6.14. The van der Waals surface area contributed by atoms with Crippen LogP contribution in [0.4, 0.5) is 46.8 Å². The van der Waals surface area contributed by atoms with Crippen molar-refractivity contribution in [1.29, 1.82) is 0 Å². The van der Waals surface area contributed by atoms with Gasteiger partial charge < -0.3 is 15.5 Å². The van der Waals surface area contributed by atoms with Gasteiger partial charge in [0.15, 0.2) is 16.9 Å². The van der Waals surface area contributed by atoms with E-state index >= 15 is 0 Å². The fraction of sp³-hybridized carbons (Fsp3) is 0.381. The first-order chi connectivity index (χ1) is 18.5. The lowest BCUT2D eigenvalue weighted by molar-refractivity contribution is -0.285. The standard InChI is InChI=1S/C21H15F8N9O2/c1-18(17-36-35-9(40-17)7-20(24,25)26)10-12(30)32-14(33-13(10)34-16(18)39)11-8-3-2-5-31-15(8)38(37-11)6-4-19(22,23)21(27,28)29/h2-3,5H,4,6-7H2,1H3,(H3,30,32,33,34,39). The Balaban J connectivity index is 1.54. The highest BCUT2D eigenvalue weighted by molar-refractivity contribution is 6.08. The maximum Gasteiger partial charge on any atom is 0.453 e. The molecule has 212 valence electrons. The summed E-state index contributed by atoms with van der Waals surface area (Å²) < 4.78 is 109. The largest absolute Gasteiger partial charge is 0.453 e. The van der Waals surface area contributed by atoms with Crippen molar-refractivity contribution in [3.63, 3.8) is 0 Å². The van der Waals surface area contributed by atoms with Gasteiger partial charge in [-0.05, 0) is 19.1 Å².